The number of nitrogens with one attached hydrogen (secondary N) is 1. The number of aromatic amines is 1. The molecule has 0 amide bonds. The first-order chi connectivity index (χ1) is 8.65. The van der Waals surface area contributed by atoms with Crippen LogP contribution in [0.1, 0.15) is 18.1 Å². The van der Waals surface area contributed by atoms with Crippen molar-refractivity contribution < 1.29 is 0 Å². The van der Waals surface area contributed by atoms with Gasteiger partial charge in [0.2, 0.25) is 0 Å². The van der Waals surface area contributed by atoms with Crippen LogP contribution >= 0.6 is 11.8 Å². The summed E-state index contributed by atoms with van der Waals surface area (Å²) in [6.07, 6.45) is 0. The summed E-state index contributed by atoms with van der Waals surface area (Å²) in [6, 6.07) is 6.10. The molecule has 0 spiro atoms. The molecule has 2 rings (SSSR count). The highest BCUT2D eigenvalue weighted by Gasteiger charge is 2.10. The van der Waals surface area contributed by atoms with E-state index >= 15 is 0 Å². The van der Waals surface area contributed by atoms with Crippen LogP contribution in [0.2, 0.25) is 0 Å². The maximum absolute atomic E-state index is 11.5. The van der Waals surface area contributed by atoms with Crippen molar-refractivity contribution >= 4 is 11.8 Å². The van der Waals surface area contributed by atoms with E-state index in [2.05, 4.69) is 16.3 Å². The Kier molecular flexibility index (Phi) is 3.88. The summed E-state index contributed by atoms with van der Waals surface area (Å²) in [5.74, 6) is 0. The molecule has 0 unspecified atom stereocenters. The van der Waals surface area contributed by atoms with Gasteiger partial charge in [-0.25, -0.2) is 9.89 Å². The van der Waals surface area contributed by atoms with Crippen molar-refractivity contribution in [2.24, 2.45) is 5.73 Å². The lowest BCUT2D eigenvalue weighted by molar-refractivity contribution is 0.660. The summed E-state index contributed by atoms with van der Waals surface area (Å²) in [4.78, 5) is 12.5. The van der Waals surface area contributed by atoms with Crippen LogP contribution in [0.5, 0.6) is 0 Å². The fraction of sp³-hybridized carbons (Fsp3) is 0.333. The second-order valence-corrected chi connectivity index (χ2v) is 4.98. The summed E-state index contributed by atoms with van der Waals surface area (Å²) in [5, 5.41) is 7.16. The lowest BCUT2D eigenvalue weighted by Crippen LogP contribution is -2.16. The number of H-pyrrole nitrogens is 1. The first-order valence-electron chi connectivity index (χ1n) is 5.78. The van der Waals surface area contributed by atoms with Crippen molar-refractivity contribution in [3.8, 4) is 0 Å². The summed E-state index contributed by atoms with van der Waals surface area (Å²) in [6.45, 7) is 5.02. The van der Waals surface area contributed by atoms with Gasteiger partial charge in [-0.1, -0.05) is 17.7 Å². The third-order valence-electron chi connectivity index (χ3n) is 2.68. The Morgan fingerprint density at radius 2 is 2.28 bits per heavy atom. The minimum atomic E-state index is -0.179. The highest BCUT2D eigenvalue weighted by atomic mass is 32.2. The molecule has 1 heterocycles. The van der Waals surface area contributed by atoms with E-state index in [1.807, 2.05) is 26.0 Å². The zero-order valence-electron chi connectivity index (χ0n) is 10.4. The Labute approximate surface area is 109 Å². The molecular weight excluding hydrogens is 248 g/mol. The van der Waals surface area contributed by atoms with Gasteiger partial charge in [-0.05, 0) is 37.2 Å². The molecule has 2 aromatic rings. The van der Waals surface area contributed by atoms with Gasteiger partial charge in [0.1, 0.15) is 0 Å². The van der Waals surface area contributed by atoms with E-state index in [0.717, 1.165) is 10.5 Å². The third-order valence-corrected chi connectivity index (χ3v) is 3.79. The van der Waals surface area contributed by atoms with Crippen LogP contribution in [0.25, 0.3) is 0 Å². The average molecular weight is 264 g/mol. The van der Waals surface area contributed by atoms with Gasteiger partial charge in [-0.2, -0.15) is 0 Å². The normalized spacial score (nSPS) is 10.8. The molecule has 0 fully saturated rings. The molecule has 0 saturated heterocycles. The number of nitrogens with zero attached hydrogens (tertiary/aromatic N) is 2. The molecule has 0 radical (unpaired) electrons. The molecule has 0 saturated carbocycles. The van der Waals surface area contributed by atoms with E-state index < -0.39 is 0 Å². The van der Waals surface area contributed by atoms with E-state index in [1.165, 1.54) is 17.3 Å². The molecule has 0 aliphatic carbocycles. The van der Waals surface area contributed by atoms with Gasteiger partial charge >= 0.3 is 5.69 Å². The van der Waals surface area contributed by atoms with E-state index in [0.29, 0.717) is 18.2 Å². The number of aryl methyl sites for hydroxylation is 1. The summed E-state index contributed by atoms with van der Waals surface area (Å²) in [5.41, 5.74) is 7.80. The quantitative estimate of drug-likeness (QED) is 0.877. The second kappa shape index (κ2) is 5.41. The Balaban J connectivity index is 2.36. The van der Waals surface area contributed by atoms with Crippen LogP contribution in [0.4, 0.5) is 0 Å². The first kappa shape index (κ1) is 12.9. The minimum Gasteiger partial charge on any atom is -0.326 e. The van der Waals surface area contributed by atoms with E-state index in [9.17, 15) is 4.79 Å². The Hall–Kier alpha value is -1.53. The second-order valence-electron chi connectivity index (χ2n) is 3.97. The number of benzene rings is 1. The van der Waals surface area contributed by atoms with E-state index in [1.54, 1.807) is 4.57 Å². The van der Waals surface area contributed by atoms with Gasteiger partial charge in [0, 0.05) is 18.0 Å². The van der Waals surface area contributed by atoms with Gasteiger partial charge in [0.25, 0.3) is 0 Å². The van der Waals surface area contributed by atoms with Crippen LogP contribution in [0.3, 0.4) is 0 Å². The zero-order chi connectivity index (χ0) is 13.1. The number of hydrogen-bond donors (Lipinski definition) is 2. The van der Waals surface area contributed by atoms with Gasteiger partial charge in [-0.15, -0.1) is 5.10 Å². The largest absolute Gasteiger partial charge is 0.343 e. The smallest absolute Gasteiger partial charge is 0.326 e. The molecule has 0 bridgehead atoms. The minimum absolute atomic E-state index is 0.179. The van der Waals surface area contributed by atoms with Crippen LogP contribution < -0.4 is 11.4 Å². The van der Waals surface area contributed by atoms with Crippen molar-refractivity contribution in [2.75, 3.05) is 0 Å². The van der Waals surface area contributed by atoms with E-state index in [4.69, 9.17) is 5.73 Å². The van der Waals surface area contributed by atoms with Crippen LogP contribution in [-0.4, -0.2) is 14.8 Å². The zero-order valence-corrected chi connectivity index (χ0v) is 11.3. The van der Waals surface area contributed by atoms with E-state index in [-0.39, 0.29) is 5.69 Å². The maximum atomic E-state index is 11.5. The first-order valence-corrected chi connectivity index (χ1v) is 6.60. The molecule has 5 nitrogen and oxygen atoms in total. The molecule has 1 aromatic heterocycles. The maximum Gasteiger partial charge on any atom is 0.343 e. The monoisotopic (exact) mass is 264 g/mol. The SMILES string of the molecule is CCn1c(Sc2ccc(C)cc2CN)n[nH]c1=O. The number of rotatable bonds is 4. The molecule has 1 aromatic carbocycles. The highest BCUT2D eigenvalue weighted by molar-refractivity contribution is 7.99. The van der Waals surface area contributed by atoms with Gasteiger partial charge in [-0.3, -0.25) is 4.57 Å². The van der Waals surface area contributed by atoms with Crippen LogP contribution in [-0.2, 0) is 13.1 Å². The van der Waals surface area contributed by atoms with Crippen molar-refractivity contribution in [1.29, 1.82) is 0 Å². The predicted octanol–water partition coefficient (Wildman–Crippen LogP) is 1.51. The third kappa shape index (κ3) is 2.49. The number of aromatic nitrogens is 3. The molecule has 0 aliphatic heterocycles. The Morgan fingerprint density at radius 3 is 2.94 bits per heavy atom. The molecule has 6 heteroatoms. The predicted molar refractivity (Wildman–Crippen MR) is 71.7 cm³/mol. The molecule has 96 valence electrons. The highest BCUT2D eigenvalue weighted by Crippen LogP contribution is 2.28. The Morgan fingerprint density at radius 1 is 1.50 bits per heavy atom. The molecule has 0 atom stereocenters. The molecule has 18 heavy (non-hydrogen) atoms. The van der Waals surface area contributed by atoms with Crippen LogP contribution in [0, 0.1) is 6.92 Å². The standard InChI is InChI=1S/C12H16N4OS/c1-3-16-11(17)14-15-12(16)18-10-5-4-8(2)6-9(10)7-13/h4-6H,3,7,13H2,1-2H3,(H,14,17). The Bertz CT molecular complexity index is 602. The number of hydrogen-bond acceptors (Lipinski definition) is 4. The van der Waals surface area contributed by atoms with Crippen molar-refractivity contribution in [3.63, 3.8) is 0 Å². The molecular formula is C12H16N4OS. The molecule has 0 aliphatic rings. The lowest BCUT2D eigenvalue weighted by atomic mass is 10.1. The topological polar surface area (TPSA) is 76.7 Å². The van der Waals surface area contributed by atoms with Gasteiger partial charge in [0.05, 0.1) is 0 Å². The number of nitrogens with two attached hydrogens (primary N) is 1. The van der Waals surface area contributed by atoms with Crippen molar-refractivity contribution in [1.82, 2.24) is 14.8 Å². The summed E-state index contributed by atoms with van der Waals surface area (Å²) < 4.78 is 1.60. The summed E-state index contributed by atoms with van der Waals surface area (Å²) >= 11 is 1.46. The van der Waals surface area contributed by atoms with Crippen molar-refractivity contribution in [2.45, 2.75) is 37.0 Å². The average Bonchev–Trinajstić information content (AvgIpc) is 2.72. The van der Waals surface area contributed by atoms with Gasteiger partial charge in [0.15, 0.2) is 5.16 Å². The van der Waals surface area contributed by atoms with Gasteiger partial charge < -0.3 is 5.73 Å². The lowest BCUT2D eigenvalue weighted by Gasteiger charge is -2.08. The fourth-order valence-electron chi connectivity index (χ4n) is 1.73. The van der Waals surface area contributed by atoms with Crippen molar-refractivity contribution in [3.05, 3.63) is 39.8 Å². The van der Waals surface area contributed by atoms with Crippen LogP contribution in [0.15, 0.2) is 33.0 Å². The summed E-state index contributed by atoms with van der Waals surface area (Å²) in [7, 11) is 0. The fourth-order valence-corrected chi connectivity index (χ4v) is 2.75. The molecule has 3 N–H and O–H groups in total.